The van der Waals surface area contributed by atoms with Crippen molar-refractivity contribution in [1.29, 1.82) is 0 Å². The molecule has 0 spiro atoms. The molecule has 1 heterocycles. The van der Waals surface area contributed by atoms with E-state index in [1.807, 2.05) is 0 Å². The van der Waals surface area contributed by atoms with Crippen LogP contribution in [0.1, 0.15) is 24.5 Å². The second-order valence-electron chi connectivity index (χ2n) is 4.29. The maximum atomic E-state index is 11.8. The first-order chi connectivity index (χ1) is 8.53. The fourth-order valence-corrected chi connectivity index (χ4v) is 1.43. The third kappa shape index (κ3) is 5.05. The van der Waals surface area contributed by atoms with Crippen molar-refractivity contribution in [2.45, 2.75) is 38.0 Å². The molecule has 18 heavy (non-hydrogen) atoms. The number of ether oxygens (including phenoxy) is 1. The third-order valence-electron chi connectivity index (χ3n) is 2.48. The van der Waals surface area contributed by atoms with Crippen LogP contribution >= 0.6 is 0 Å². The van der Waals surface area contributed by atoms with E-state index in [0.717, 1.165) is 0 Å². The van der Waals surface area contributed by atoms with Crippen molar-refractivity contribution < 1.29 is 22.3 Å². The molecule has 2 rings (SSSR count). The molecule has 4 nitrogen and oxygen atoms in total. The summed E-state index contributed by atoms with van der Waals surface area (Å²) in [4.78, 5) is 4.04. The Morgan fingerprint density at radius 1 is 1.44 bits per heavy atom. The molecule has 0 unspecified atom stereocenters. The van der Waals surface area contributed by atoms with Gasteiger partial charge >= 0.3 is 6.18 Å². The van der Waals surface area contributed by atoms with Crippen molar-refractivity contribution in [3.05, 3.63) is 17.8 Å². The topological polar surface area (TPSA) is 47.3 Å². The molecule has 0 aromatic carbocycles. The lowest BCUT2D eigenvalue weighted by molar-refractivity contribution is -0.173. The maximum Gasteiger partial charge on any atom is 0.411 e. The normalized spacial score (nSPS) is 16.2. The van der Waals surface area contributed by atoms with Crippen LogP contribution < -0.4 is 5.32 Å². The number of oxazole rings is 1. The first kappa shape index (κ1) is 13.4. The molecule has 0 bridgehead atoms. The van der Waals surface area contributed by atoms with E-state index in [2.05, 4.69) is 15.0 Å². The lowest BCUT2D eigenvalue weighted by Crippen LogP contribution is -2.17. The van der Waals surface area contributed by atoms with Gasteiger partial charge in [-0.05, 0) is 12.8 Å². The van der Waals surface area contributed by atoms with Gasteiger partial charge in [0, 0.05) is 12.5 Å². The quantitative estimate of drug-likeness (QED) is 0.766. The Labute approximate surface area is 103 Å². The third-order valence-corrected chi connectivity index (χ3v) is 2.48. The van der Waals surface area contributed by atoms with Crippen molar-refractivity contribution in [3.63, 3.8) is 0 Å². The molecule has 1 aromatic rings. The Balaban J connectivity index is 1.63. The molecule has 1 N–H and O–H groups in total. The zero-order valence-corrected chi connectivity index (χ0v) is 9.79. The van der Waals surface area contributed by atoms with Gasteiger partial charge in [-0.25, -0.2) is 4.98 Å². The predicted octanol–water partition coefficient (Wildman–Crippen LogP) is 2.05. The van der Waals surface area contributed by atoms with Gasteiger partial charge in [0.15, 0.2) is 0 Å². The average Bonchev–Trinajstić information content (AvgIpc) is 3.00. The van der Waals surface area contributed by atoms with Gasteiger partial charge in [0.1, 0.15) is 12.4 Å². The average molecular weight is 264 g/mol. The molecule has 1 saturated carbocycles. The van der Waals surface area contributed by atoms with Crippen molar-refractivity contribution in [2.24, 2.45) is 0 Å². The molecule has 102 valence electrons. The van der Waals surface area contributed by atoms with E-state index >= 15 is 0 Å². The Hall–Kier alpha value is -1.08. The van der Waals surface area contributed by atoms with Gasteiger partial charge < -0.3 is 14.5 Å². The van der Waals surface area contributed by atoms with Crippen LogP contribution in [-0.2, 0) is 17.7 Å². The van der Waals surface area contributed by atoms with Gasteiger partial charge in [-0.2, -0.15) is 13.2 Å². The number of rotatable bonds is 7. The SMILES string of the molecule is FC(F)(F)COCCc1cnc(CNC2CC2)o1. The van der Waals surface area contributed by atoms with Crippen LogP contribution in [0.25, 0.3) is 0 Å². The summed E-state index contributed by atoms with van der Waals surface area (Å²) >= 11 is 0. The maximum absolute atomic E-state index is 11.8. The molecule has 0 saturated heterocycles. The van der Waals surface area contributed by atoms with Gasteiger partial charge in [0.25, 0.3) is 0 Å². The van der Waals surface area contributed by atoms with Crippen LogP contribution in [-0.4, -0.2) is 30.4 Å². The minimum atomic E-state index is -4.28. The van der Waals surface area contributed by atoms with E-state index in [1.54, 1.807) is 0 Å². The van der Waals surface area contributed by atoms with Gasteiger partial charge in [-0.15, -0.1) is 0 Å². The summed E-state index contributed by atoms with van der Waals surface area (Å²) in [5, 5.41) is 3.24. The van der Waals surface area contributed by atoms with Crippen LogP contribution in [0.2, 0.25) is 0 Å². The number of hydrogen-bond donors (Lipinski definition) is 1. The van der Waals surface area contributed by atoms with Crippen molar-refractivity contribution in [3.8, 4) is 0 Å². The summed E-state index contributed by atoms with van der Waals surface area (Å²) in [6, 6.07) is 0.565. The zero-order valence-electron chi connectivity index (χ0n) is 9.79. The van der Waals surface area contributed by atoms with E-state index in [4.69, 9.17) is 4.42 Å². The second-order valence-corrected chi connectivity index (χ2v) is 4.29. The van der Waals surface area contributed by atoms with Gasteiger partial charge in [0.05, 0.1) is 19.3 Å². The second kappa shape index (κ2) is 5.71. The molecule has 0 radical (unpaired) electrons. The van der Waals surface area contributed by atoms with E-state index in [1.165, 1.54) is 19.0 Å². The Bertz CT molecular complexity index is 375. The molecule has 1 fully saturated rings. The number of aromatic nitrogens is 1. The highest BCUT2D eigenvalue weighted by Crippen LogP contribution is 2.19. The summed E-state index contributed by atoms with van der Waals surface area (Å²) in [5.41, 5.74) is 0. The van der Waals surface area contributed by atoms with Crippen molar-refractivity contribution in [1.82, 2.24) is 10.3 Å². The van der Waals surface area contributed by atoms with Gasteiger partial charge in [0.2, 0.25) is 5.89 Å². The van der Waals surface area contributed by atoms with E-state index in [-0.39, 0.29) is 6.61 Å². The number of nitrogens with zero attached hydrogens (tertiary/aromatic N) is 1. The molecule has 1 aliphatic rings. The predicted molar refractivity (Wildman–Crippen MR) is 56.9 cm³/mol. The molecule has 1 aliphatic carbocycles. The minimum absolute atomic E-state index is 0.0236. The Kier molecular flexibility index (Phi) is 4.23. The van der Waals surface area contributed by atoms with E-state index < -0.39 is 12.8 Å². The summed E-state index contributed by atoms with van der Waals surface area (Å²) in [6.07, 6.45) is -0.0914. The van der Waals surface area contributed by atoms with Crippen LogP contribution in [0.5, 0.6) is 0 Å². The highest BCUT2D eigenvalue weighted by Gasteiger charge is 2.27. The Morgan fingerprint density at radius 3 is 2.89 bits per heavy atom. The zero-order chi connectivity index (χ0) is 13.0. The molecule has 0 amide bonds. The first-order valence-corrected chi connectivity index (χ1v) is 5.84. The molecular formula is C11H15F3N2O2. The van der Waals surface area contributed by atoms with Crippen LogP contribution in [0.15, 0.2) is 10.6 Å². The lowest BCUT2D eigenvalue weighted by atomic mass is 10.4. The van der Waals surface area contributed by atoms with Gasteiger partial charge in [-0.3, -0.25) is 0 Å². The lowest BCUT2D eigenvalue weighted by Gasteiger charge is -2.06. The molecule has 0 aliphatic heterocycles. The van der Waals surface area contributed by atoms with Crippen molar-refractivity contribution in [2.75, 3.05) is 13.2 Å². The summed E-state index contributed by atoms with van der Waals surface area (Å²) in [5.74, 6) is 1.11. The highest BCUT2D eigenvalue weighted by atomic mass is 19.4. The molecular weight excluding hydrogens is 249 g/mol. The standard InChI is InChI=1S/C11H15F3N2O2/c12-11(13,14)7-17-4-3-9-5-16-10(18-9)6-15-8-1-2-8/h5,8,15H,1-4,6-7H2. The Morgan fingerprint density at radius 2 is 2.22 bits per heavy atom. The van der Waals surface area contributed by atoms with Crippen LogP contribution in [0, 0.1) is 0 Å². The monoisotopic (exact) mass is 264 g/mol. The van der Waals surface area contributed by atoms with E-state index in [0.29, 0.717) is 30.7 Å². The minimum Gasteiger partial charge on any atom is -0.444 e. The molecule has 1 aromatic heterocycles. The first-order valence-electron chi connectivity index (χ1n) is 5.84. The number of hydrogen-bond acceptors (Lipinski definition) is 4. The highest BCUT2D eigenvalue weighted by molar-refractivity contribution is 4.95. The fraction of sp³-hybridized carbons (Fsp3) is 0.727. The fourth-order valence-electron chi connectivity index (χ4n) is 1.43. The summed E-state index contributed by atoms with van der Waals surface area (Å²) in [7, 11) is 0. The number of halogens is 3. The molecule has 7 heteroatoms. The van der Waals surface area contributed by atoms with Crippen LogP contribution in [0.3, 0.4) is 0 Å². The van der Waals surface area contributed by atoms with E-state index in [9.17, 15) is 13.2 Å². The number of nitrogens with one attached hydrogen (secondary N) is 1. The largest absolute Gasteiger partial charge is 0.444 e. The van der Waals surface area contributed by atoms with Gasteiger partial charge in [-0.1, -0.05) is 0 Å². The summed E-state index contributed by atoms with van der Waals surface area (Å²) in [6.45, 7) is -0.685. The summed E-state index contributed by atoms with van der Waals surface area (Å²) < 4.78 is 45.2. The number of alkyl halides is 3. The molecule has 0 atom stereocenters. The van der Waals surface area contributed by atoms with Crippen LogP contribution in [0.4, 0.5) is 13.2 Å². The smallest absolute Gasteiger partial charge is 0.411 e. The van der Waals surface area contributed by atoms with Crippen molar-refractivity contribution >= 4 is 0 Å².